The molecule has 3 heterocycles. The lowest BCUT2D eigenvalue weighted by Crippen LogP contribution is -2.17. The van der Waals surface area contributed by atoms with Gasteiger partial charge in [0.05, 0.1) is 27.7 Å². The second-order valence-electron chi connectivity index (χ2n) is 6.34. The van der Waals surface area contributed by atoms with E-state index >= 15 is 0 Å². The molecule has 4 rings (SSSR count). The van der Waals surface area contributed by atoms with E-state index in [0.717, 1.165) is 27.8 Å². The number of anilines is 1. The zero-order valence-electron chi connectivity index (χ0n) is 15.2. The maximum absolute atomic E-state index is 13.1. The van der Waals surface area contributed by atoms with Gasteiger partial charge in [0.2, 0.25) is 5.95 Å². The summed E-state index contributed by atoms with van der Waals surface area (Å²) in [4.78, 5) is 22.1. The standard InChI is InChI=1S/C19H20N6O/c1-5-25-15-9-7-6-8-14(15)21-19(25)22-18(26)13-10-11(2)20-17-16(13)12(3)23-24(17)4/h6-10H,5H2,1-4H3,(H,21,22,26). The van der Waals surface area contributed by atoms with E-state index in [-0.39, 0.29) is 5.91 Å². The van der Waals surface area contributed by atoms with Crippen LogP contribution in [0.3, 0.4) is 0 Å². The number of amides is 1. The number of imidazole rings is 1. The molecule has 0 bridgehead atoms. The molecule has 1 amide bonds. The maximum atomic E-state index is 13.1. The van der Waals surface area contributed by atoms with E-state index in [1.165, 1.54) is 0 Å². The molecule has 0 atom stereocenters. The Morgan fingerprint density at radius 2 is 1.96 bits per heavy atom. The van der Waals surface area contributed by atoms with Crippen LogP contribution >= 0.6 is 0 Å². The van der Waals surface area contributed by atoms with Crippen molar-refractivity contribution in [1.29, 1.82) is 0 Å². The summed E-state index contributed by atoms with van der Waals surface area (Å²) in [6.45, 7) is 6.51. The summed E-state index contributed by atoms with van der Waals surface area (Å²) in [5.74, 6) is 0.337. The number of aryl methyl sites for hydroxylation is 4. The molecule has 0 aliphatic carbocycles. The number of hydrogen-bond donors (Lipinski definition) is 1. The molecule has 1 aromatic carbocycles. The van der Waals surface area contributed by atoms with Gasteiger partial charge in [-0.15, -0.1) is 0 Å². The van der Waals surface area contributed by atoms with Gasteiger partial charge in [0, 0.05) is 19.3 Å². The first kappa shape index (κ1) is 16.3. The molecule has 0 unspecified atom stereocenters. The Bertz CT molecular complexity index is 1150. The van der Waals surface area contributed by atoms with Crippen molar-refractivity contribution in [2.24, 2.45) is 7.05 Å². The molecule has 7 nitrogen and oxygen atoms in total. The van der Waals surface area contributed by atoms with Gasteiger partial charge < -0.3 is 4.57 Å². The summed E-state index contributed by atoms with van der Waals surface area (Å²) in [7, 11) is 1.83. The van der Waals surface area contributed by atoms with Crippen molar-refractivity contribution in [2.75, 3.05) is 5.32 Å². The number of pyridine rings is 1. The molecule has 0 saturated heterocycles. The van der Waals surface area contributed by atoms with Crippen molar-refractivity contribution in [2.45, 2.75) is 27.3 Å². The third-order valence-corrected chi connectivity index (χ3v) is 4.54. The van der Waals surface area contributed by atoms with Crippen molar-refractivity contribution < 1.29 is 4.79 Å². The van der Waals surface area contributed by atoms with Crippen LogP contribution in [0.4, 0.5) is 5.95 Å². The van der Waals surface area contributed by atoms with Gasteiger partial charge in [-0.05, 0) is 39.0 Å². The van der Waals surface area contributed by atoms with Crippen LogP contribution in [0.2, 0.25) is 0 Å². The number of nitrogens with one attached hydrogen (secondary N) is 1. The van der Waals surface area contributed by atoms with E-state index in [1.807, 2.05) is 56.7 Å². The van der Waals surface area contributed by atoms with Gasteiger partial charge in [-0.3, -0.25) is 14.8 Å². The summed E-state index contributed by atoms with van der Waals surface area (Å²) in [6.07, 6.45) is 0. The molecule has 26 heavy (non-hydrogen) atoms. The average molecular weight is 348 g/mol. The van der Waals surface area contributed by atoms with Gasteiger partial charge in [-0.25, -0.2) is 9.97 Å². The van der Waals surface area contributed by atoms with Crippen molar-refractivity contribution >= 4 is 33.9 Å². The minimum atomic E-state index is -0.207. The smallest absolute Gasteiger partial charge is 0.258 e. The molecular weight excluding hydrogens is 328 g/mol. The zero-order chi connectivity index (χ0) is 18.4. The average Bonchev–Trinajstić information content (AvgIpc) is 3.10. The van der Waals surface area contributed by atoms with E-state index in [9.17, 15) is 4.79 Å². The van der Waals surface area contributed by atoms with Crippen LogP contribution in [0.15, 0.2) is 30.3 Å². The number of rotatable bonds is 3. The second kappa shape index (κ2) is 5.94. The van der Waals surface area contributed by atoms with E-state index < -0.39 is 0 Å². The van der Waals surface area contributed by atoms with Crippen molar-refractivity contribution in [3.63, 3.8) is 0 Å². The summed E-state index contributed by atoms with van der Waals surface area (Å²) in [5.41, 5.74) is 4.68. The number of hydrogen-bond acceptors (Lipinski definition) is 4. The third kappa shape index (κ3) is 2.44. The molecule has 132 valence electrons. The van der Waals surface area contributed by atoms with E-state index in [0.29, 0.717) is 23.7 Å². The molecule has 4 aromatic rings. The molecule has 0 saturated carbocycles. The molecule has 0 spiro atoms. The van der Waals surface area contributed by atoms with Gasteiger partial charge in [0.15, 0.2) is 5.65 Å². The van der Waals surface area contributed by atoms with Gasteiger partial charge in [0.1, 0.15) is 0 Å². The Labute approximate surface area is 150 Å². The Kier molecular flexibility index (Phi) is 3.72. The Morgan fingerprint density at radius 3 is 2.73 bits per heavy atom. The predicted molar refractivity (Wildman–Crippen MR) is 101 cm³/mol. The van der Waals surface area contributed by atoms with E-state index in [2.05, 4.69) is 20.4 Å². The van der Waals surface area contributed by atoms with Crippen molar-refractivity contribution in [3.8, 4) is 0 Å². The fraction of sp³-hybridized carbons (Fsp3) is 0.263. The monoisotopic (exact) mass is 348 g/mol. The Morgan fingerprint density at radius 1 is 1.19 bits per heavy atom. The highest BCUT2D eigenvalue weighted by Gasteiger charge is 2.20. The number of carbonyl (C=O) groups excluding carboxylic acids is 1. The largest absolute Gasteiger partial charge is 0.310 e. The summed E-state index contributed by atoms with van der Waals surface area (Å²) >= 11 is 0. The minimum Gasteiger partial charge on any atom is -0.310 e. The predicted octanol–water partition coefficient (Wildman–Crippen LogP) is 3.21. The number of fused-ring (bicyclic) bond motifs is 2. The normalized spacial score (nSPS) is 11.4. The second-order valence-corrected chi connectivity index (χ2v) is 6.34. The quantitative estimate of drug-likeness (QED) is 0.617. The first-order chi connectivity index (χ1) is 12.5. The first-order valence-electron chi connectivity index (χ1n) is 8.57. The number of benzene rings is 1. The Balaban J connectivity index is 1.82. The number of para-hydroxylation sites is 2. The summed E-state index contributed by atoms with van der Waals surface area (Å²) in [6, 6.07) is 9.65. The van der Waals surface area contributed by atoms with Crippen LogP contribution in [0.1, 0.15) is 28.7 Å². The lowest BCUT2D eigenvalue weighted by Gasteiger charge is -2.09. The fourth-order valence-corrected chi connectivity index (χ4v) is 3.41. The number of carbonyl (C=O) groups is 1. The van der Waals surface area contributed by atoms with Crippen LogP contribution in [0, 0.1) is 13.8 Å². The first-order valence-corrected chi connectivity index (χ1v) is 8.57. The van der Waals surface area contributed by atoms with Crippen LogP contribution in [0.25, 0.3) is 22.1 Å². The molecule has 0 aliphatic rings. The van der Waals surface area contributed by atoms with Gasteiger partial charge in [-0.1, -0.05) is 12.1 Å². The molecule has 7 heteroatoms. The SMILES string of the molecule is CCn1c(NC(=O)c2cc(C)nc3c2c(C)nn3C)nc2ccccc21. The van der Waals surface area contributed by atoms with Crippen molar-refractivity contribution in [3.05, 3.63) is 47.3 Å². The molecule has 0 fully saturated rings. The third-order valence-electron chi connectivity index (χ3n) is 4.54. The summed E-state index contributed by atoms with van der Waals surface area (Å²) in [5, 5.41) is 8.15. The Hall–Kier alpha value is -3.22. The van der Waals surface area contributed by atoms with Crippen LogP contribution in [0.5, 0.6) is 0 Å². The topological polar surface area (TPSA) is 77.6 Å². The van der Waals surface area contributed by atoms with Gasteiger partial charge >= 0.3 is 0 Å². The zero-order valence-corrected chi connectivity index (χ0v) is 15.2. The molecule has 0 aliphatic heterocycles. The highest BCUT2D eigenvalue weighted by atomic mass is 16.1. The van der Waals surface area contributed by atoms with Crippen LogP contribution < -0.4 is 5.32 Å². The maximum Gasteiger partial charge on any atom is 0.258 e. The minimum absolute atomic E-state index is 0.207. The van der Waals surface area contributed by atoms with Crippen LogP contribution in [-0.2, 0) is 13.6 Å². The summed E-state index contributed by atoms with van der Waals surface area (Å²) < 4.78 is 3.70. The number of nitrogens with zero attached hydrogens (tertiary/aromatic N) is 5. The molecule has 3 aromatic heterocycles. The van der Waals surface area contributed by atoms with Gasteiger partial charge in [-0.2, -0.15) is 5.10 Å². The number of aromatic nitrogens is 5. The van der Waals surface area contributed by atoms with E-state index in [4.69, 9.17) is 0 Å². The van der Waals surface area contributed by atoms with Crippen LogP contribution in [-0.4, -0.2) is 30.2 Å². The highest BCUT2D eigenvalue weighted by molar-refractivity contribution is 6.12. The molecule has 1 N–H and O–H groups in total. The van der Waals surface area contributed by atoms with Crippen molar-refractivity contribution in [1.82, 2.24) is 24.3 Å². The van der Waals surface area contributed by atoms with E-state index in [1.54, 1.807) is 10.7 Å². The lowest BCUT2D eigenvalue weighted by molar-refractivity contribution is 0.102. The lowest BCUT2D eigenvalue weighted by atomic mass is 10.1. The highest BCUT2D eigenvalue weighted by Crippen LogP contribution is 2.24. The van der Waals surface area contributed by atoms with Gasteiger partial charge in [0.25, 0.3) is 5.91 Å². The fourth-order valence-electron chi connectivity index (χ4n) is 3.41. The molecular formula is C19H20N6O. The molecule has 0 radical (unpaired) electrons.